The van der Waals surface area contributed by atoms with Crippen molar-refractivity contribution in [1.29, 1.82) is 0 Å². The van der Waals surface area contributed by atoms with Gasteiger partial charge in [0.05, 0.1) is 24.1 Å². The van der Waals surface area contributed by atoms with Crippen LogP contribution in [0, 0.1) is 5.92 Å². The van der Waals surface area contributed by atoms with Crippen molar-refractivity contribution in [3.8, 4) is 5.75 Å². The number of aromatic nitrogens is 1. The molecule has 0 fully saturated rings. The zero-order chi connectivity index (χ0) is 15.3. The number of nitrogens with zero attached hydrogens (tertiary/aromatic N) is 1. The van der Waals surface area contributed by atoms with Crippen molar-refractivity contribution in [2.45, 2.75) is 19.8 Å². The second kappa shape index (κ2) is 6.87. The summed E-state index contributed by atoms with van der Waals surface area (Å²) in [4.78, 5) is 4.31. The molecule has 1 heterocycles. The van der Waals surface area contributed by atoms with E-state index in [0.29, 0.717) is 12.4 Å². The minimum atomic E-state index is -3.48. The lowest BCUT2D eigenvalue weighted by molar-refractivity contribution is 0.252. The highest BCUT2D eigenvalue weighted by atomic mass is 32.2. The van der Waals surface area contributed by atoms with Gasteiger partial charge in [0.2, 0.25) is 10.0 Å². The lowest BCUT2D eigenvalue weighted by Gasteiger charge is -2.16. The van der Waals surface area contributed by atoms with Crippen molar-refractivity contribution in [2.75, 3.05) is 12.4 Å². The number of sulfonamides is 1. The van der Waals surface area contributed by atoms with Crippen LogP contribution in [0.2, 0.25) is 0 Å². The molecule has 0 spiro atoms. The van der Waals surface area contributed by atoms with E-state index in [4.69, 9.17) is 9.88 Å². The fourth-order valence-electron chi connectivity index (χ4n) is 2.30. The van der Waals surface area contributed by atoms with Crippen LogP contribution >= 0.6 is 0 Å². The fourth-order valence-corrected chi connectivity index (χ4v) is 3.22. The van der Waals surface area contributed by atoms with Gasteiger partial charge >= 0.3 is 0 Å². The summed E-state index contributed by atoms with van der Waals surface area (Å²) in [5.41, 5.74) is 0.902. The van der Waals surface area contributed by atoms with Crippen LogP contribution in [0.1, 0.15) is 19.8 Å². The quantitative estimate of drug-likeness (QED) is 0.851. The SMILES string of the molecule is CCCC(COc1cnc2ccccc2c1)CS(N)(=O)=O. The molecular formula is C15H20N2O3S. The average molecular weight is 308 g/mol. The van der Waals surface area contributed by atoms with Crippen molar-refractivity contribution in [3.05, 3.63) is 36.5 Å². The van der Waals surface area contributed by atoms with Gasteiger partial charge in [0.25, 0.3) is 0 Å². The molecule has 0 amide bonds. The van der Waals surface area contributed by atoms with E-state index in [1.807, 2.05) is 37.3 Å². The maximum Gasteiger partial charge on any atom is 0.209 e. The number of fused-ring (bicyclic) bond motifs is 1. The Labute approximate surface area is 125 Å². The number of ether oxygens (including phenoxy) is 1. The second-order valence-corrected chi connectivity index (χ2v) is 6.82. The number of para-hydroxylation sites is 1. The zero-order valence-electron chi connectivity index (χ0n) is 12.0. The molecule has 2 N–H and O–H groups in total. The normalized spacial score (nSPS) is 13.2. The third kappa shape index (κ3) is 4.99. The molecule has 0 aliphatic carbocycles. The first-order valence-corrected chi connectivity index (χ1v) is 8.67. The lowest BCUT2D eigenvalue weighted by atomic mass is 10.1. The maximum atomic E-state index is 11.2. The van der Waals surface area contributed by atoms with Crippen molar-refractivity contribution in [3.63, 3.8) is 0 Å². The van der Waals surface area contributed by atoms with Crippen LogP contribution in [-0.2, 0) is 10.0 Å². The highest BCUT2D eigenvalue weighted by Crippen LogP contribution is 2.19. The van der Waals surface area contributed by atoms with E-state index < -0.39 is 10.0 Å². The molecule has 21 heavy (non-hydrogen) atoms. The molecule has 2 aromatic rings. The number of primary sulfonamides is 1. The van der Waals surface area contributed by atoms with Crippen LogP contribution in [0.4, 0.5) is 0 Å². The molecule has 2 rings (SSSR count). The highest BCUT2D eigenvalue weighted by Gasteiger charge is 2.16. The number of hydrogen-bond donors (Lipinski definition) is 1. The molecule has 0 saturated carbocycles. The highest BCUT2D eigenvalue weighted by molar-refractivity contribution is 7.89. The Balaban J connectivity index is 2.04. The molecule has 0 aliphatic heterocycles. The van der Waals surface area contributed by atoms with Gasteiger partial charge in [0.15, 0.2) is 0 Å². The molecule has 1 atom stereocenters. The van der Waals surface area contributed by atoms with Crippen LogP contribution < -0.4 is 9.88 Å². The summed E-state index contributed by atoms with van der Waals surface area (Å²) in [5, 5.41) is 6.11. The van der Waals surface area contributed by atoms with Gasteiger partial charge < -0.3 is 4.74 Å². The molecule has 114 valence electrons. The lowest BCUT2D eigenvalue weighted by Crippen LogP contribution is -2.27. The van der Waals surface area contributed by atoms with E-state index in [1.54, 1.807) is 6.20 Å². The number of benzene rings is 1. The van der Waals surface area contributed by atoms with Crippen molar-refractivity contribution in [2.24, 2.45) is 11.1 Å². The van der Waals surface area contributed by atoms with Gasteiger partial charge in [-0.25, -0.2) is 13.6 Å². The zero-order valence-corrected chi connectivity index (χ0v) is 12.8. The third-order valence-electron chi connectivity index (χ3n) is 3.22. The Bertz CT molecular complexity index is 701. The van der Waals surface area contributed by atoms with E-state index in [0.717, 1.165) is 23.7 Å². The minimum Gasteiger partial charge on any atom is -0.492 e. The largest absolute Gasteiger partial charge is 0.492 e. The van der Waals surface area contributed by atoms with Crippen LogP contribution in [0.3, 0.4) is 0 Å². The summed E-state index contributed by atoms with van der Waals surface area (Å²) in [6, 6.07) is 9.67. The number of pyridine rings is 1. The van der Waals surface area contributed by atoms with E-state index in [2.05, 4.69) is 4.98 Å². The predicted octanol–water partition coefficient (Wildman–Crippen LogP) is 2.32. The summed E-state index contributed by atoms with van der Waals surface area (Å²) >= 11 is 0. The molecule has 1 aromatic heterocycles. The standard InChI is InChI=1S/C15H20N2O3S/c1-2-5-12(11-21(16,18)19)10-20-14-8-13-6-3-4-7-15(13)17-9-14/h3-4,6-9,12H,2,5,10-11H2,1H3,(H2,16,18,19). The summed E-state index contributed by atoms with van der Waals surface area (Å²) in [5.74, 6) is 0.489. The van der Waals surface area contributed by atoms with E-state index in [-0.39, 0.29) is 11.7 Å². The van der Waals surface area contributed by atoms with E-state index >= 15 is 0 Å². The monoisotopic (exact) mass is 308 g/mol. The van der Waals surface area contributed by atoms with Gasteiger partial charge in [-0.15, -0.1) is 0 Å². The fraction of sp³-hybridized carbons (Fsp3) is 0.400. The van der Waals surface area contributed by atoms with Gasteiger partial charge in [0.1, 0.15) is 5.75 Å². The van der Waals surface area contributed by atoms with Gasteiger partial charge in [0, 0.05) is 11.3 Å². The van der Waals surface area contributed by atoms with Gasteiger partial charge in [-0.3, -0.25) is 4.98 Å². The summed E-state index contributed by atoms with van der Waals surface area (Å²) < 4.78 is 28.1. The van der Waals surface area contributed by atoms with Crippen molar-refractivity contribution in [1.82, 2.24) is 4.98 Å². The molecule has 1 unspecified atom stereocenters. The Kier molecular flexibility index (Phi) is 5.14. The molecule has 5 nitrogen and oxygen atoms in total. The Morgan fingerprint density at radius 3 is 2.81 bits per heavy atom. The third-order valence-corrected chi connectivity index (χ3v) is 4.15. The maximum absolute atomic E-state index is 11.2. The smallest absolute Gasteiger partial charge is 0.209 e. The number of rotatable bonds is 7. The van der Waals surface area contributed by atoms with Gasteiger partial charge in [-0.1, -0.05) is 31.5 Å². The van der Waals surface area contributed by atoms with Crippen molar-refractivity contribution >= 4 is 20.9 Å². The van der Waals surface area contributed by atoms with Crippen LogP contribution in [0.15, 0.2) is 36.5 Å². The van der Waals surface area contributed by atoms with Crippen LogP contribution in [-0.4, -0.2) is 25.8 Å². The Morgan fingerprint density at radius 2 is 2.10 bits per heavy atom. The summed E-state index contributed by atoms with van der Waals surface area (Å²) in [6.45, 7) is 2.33. The molecule has 0 saturated heterocycles. The van der Waals surface area contributed by atoms with Crippen LogP contribution in [0.5, 0.6) is 5.75 Å². The topological polar surface area (TPSA) is 82.3 Å². The van der Waals surface area contributed by atoms with E-state index in [1.165, 1.54) is 0 Å². The minimum absolute atomic E-state index is 0.0537. The average Bonchev–Trinajstić information content (AvgIpc) is 2.43. The first-order valence-electron chi connectivity index (χ1n) is 6.96. The van der Waals surface area contributed by atoms with Crippen molar-refractivity contribution < 1.29 is 13.2 Å². The molecule has 0 bridgehead atoms. The summed E-state index contributed by atoms with van der Waals surface area (Å²) in [7, 11) is -3.48. The van der Waals surface area contributed by atoms with Crippen LogP contribution in [0.25, 0.3) is 10.9 Å². The second-order valence-electron chi connectivity index (χ2n) is 5.16. The Hall–Kier alpha value is -1.66. The molecule has 1 aromatic carbocycles. The van der Waals surface area contributed by atoms with Gasteiger partial charge in [-0.2, -0.15) is 0 Å². The van der Waals surface area contributed by atoms with Gasteiger partial charge in [-0.05, 0) is 18.6 Å². The molecule has 6 heteroatoms. The van der Waals surface area contributed by atoms with E-state index in [9.17, 15) is 8.42 Å². The Morgan fingerprint density at radius 1 is 1.33 bits per heavy atom. The first-order chi connectivity index (χ1) is 9.98. The number of hydrogen-bond acceptors (Lipinski definition) is 4. The molecular weight excluding hydrogens is 288 g/mol. The molecule has 0 aliphatic rings. The molecule has 0 radical (unpaired) electrons. The predicted molar refractivity (Wildman–Crippen MR) is 83.6 cm³/mol. The first kappa shape index (κ1) is 15.7. The number of nitrogens with two attached hydrogens (primary N) is 1. The summed E-state index contributed by atoms with van der Waals surface area (Å²) in [6.07, 6.45) is 3.30.